The highest BCUT2D eigenvalue weighted by atomic mass is 35.5. The second-order valence-electron chi connectivity index (χ2n) is 5.44. The summed E-state index contributed by atoms with van der Waals surface area (Å²) >= 11 is 13.8. The van der Waals surface area contributed by atoms with Crippen molar-refractivity contribution >= 4 is 35.0 Å². The number of halogens is 2. The molecule has 0 bridgehead atoms. The van der Waals surface area contributed by atoms with Gasteiger partial charge in [0.2, 0.25) is 0 Å². The van der Waals surface area contributed by atoms with Gasteiger partial charge in [0, 0.05) is 22.4 Å². The average Bonchev–Trinajstić information content (AvgIpc) is 3.27. The van der Waals surface area contributed by atoms with Crippen molar-refractivity contribution in [3.05, 3.63) is 57.6 Å². The third kappa shape index (κ3) is 4.17. The van der Waals surface area contributed by atoms with Crippen LogP contribution in [0.4, 0.5) is 0 Å². The fourth-order valence-electron chi connectivity index (χ4n) is 2.16. The van der Waals surface area contributed by atoms with E-state index in [1.165, 1.54) is 28.9 Å². The number of benzene rings is 2. The summed E-state index contributed by atoms with van der Waals surface area (Å²) in [6.07, 6.45) is 2.61. The van der Waals surface area contributed by atoms with Gasteiger partial charge in [-0.2, -0.15) is 0 Å². The average molecular weight is 338 g/mol. The van der Waals surface area contributed by atoms with Crippen molar-refractivity contribution in [2.75, 3.05) is 0 Å². The van der Waals surface area contributed by atoms with E-state index in [0.717, 1.165) is 11.4 Å². The van der Waals surface area contributed by atoms with Gasteiger partial charge in [0.15, 0.2) is 0 Å². The Kier molecular flexibility index (Phi) is 4.80. The number of hydrogen-bond donors (Lipinski definition) is 1. The molecule has 0 heterocycles. The Hall–Kier alpha value is -0.670. The minimum Gasteiger partial charge on any atom is -0.310 e. The summed E-state index contributed by atoms with van der Waals surface area (Å²) in [4.78, 5) is 2.38. The first-order chi connectivity index (χ1) is 10.1. The van der Waals surface area contributed by atoms with Crippen LogP contribution in [0.2, 0.25) is 10.0 Å². The fourth-order valence-corrected chi connectivity index (χ4v) is 3.48. The van der Waals surface area contributed by atoms with E-state index < -0.39 is 0 Å². The molecule has 0 aromatic heterocycles. The Bertz CT molecular complexity index is 653. The van der Waals surface area contributed by atoms with Gasteiger partial charge in [-0.25, -0.2) is 0 Å². The molecule has 110 valence electrons. The second kappa shape index (κ2) is 6.62. The molecule has 0 aliphatic heterocycles. The van der Waals surface area contributed by atoms with Crippen LogP contribution in [0.5, 0.6) is 0 Å². The summed E-state index contributed by atoms with van der Waals surface area (Å²) in [6.45, 7) is 3.06. The monoisotopic (exact) mass is 337 g/mol. The summed E-state index contributed by atoms with van der Waals surface area (Å²) in [5.74, 6) is 0. The summed E-state index contributed by atoms with van der Waals surface area (Å²) < 4.78 is 0. The van der Waals surface area contributed by atoms with Gasteiger partial charge in [0.25, 0.3) is 0 Å². The quantitative estimate of drug-likeness (QED) is 0.750. The molecule has 2 aromatic rings. The third-order valence-corrected chi connectivity index (χ3v) is 5.34. The molecular formula is C17H17Cl2NS. The molecular weight excluding hydrogens is 321 g/mol. The lowest BCUT2D eigenvalue weighted by Gasteiger charge is -2.11. The van der Waals surface area contributed by atoms with Crippen molar-refractivity contribution in [2.24, 2.45) is 0 Å². The smallest absolute Gasteiger partial charge is 0.0603 e. The van der Waals surface area contributed by atoms with Crippen LogP contribution in [-0.4, -0.2) is 6.04 Å². The highest BCUT2D eigenvalue weighted by Crippen LogP contribution is 2.35. The summed E-state index contributed by atoms with van der Waals surface area (Å²) in [7, 11) is 0. The number of rotatable bonds is 5. The first-order valence-electron chi connectivity index (χ1n) is 7.07. The van der Waals surface area contributed by atoms with Crippen molar-refractivity contribution in [3.63, 3.8) is 0 Å². The highest BCUT2D eigenvalue weighted by Gasteiger charge is 2.20. The van der Waals surface area contributed by atoms with Crippen LogP contribution >= 0.6 is 35.0 Å². The van der Waals surface area contributed by atoms with Crippen LogP contribution in [0, 0.1) is 6.92 Å². The Morgan fingerprint density at radius 2 is 1.90 bits per heavy atom. The lowest BCUT2D eigenvalue weighted by atomic mass is 10.1. The zero-order chi connectivity index (χ0) is 14.8. The fraction of sp³-hybridized carbons (Fsp3) is 0.294. The van der Waals surface area contributed by atoms with E-state index in [9.17, 15) is 0 Å². The predicted octanol–water partition coefficient (Wildman–Crippen LogP) is 5.71. The molecule has 3 rings (SSSR count). The van der Waals surface area contributed by atoms with Crippen molar-refractivity contribution in [2.45, 2.75) is 42.1 Å². The van der Waals surface area contributed by atoms with Gasteiger partial charge in [0.1, 0.15) is 0 Å². The highest BCUT2D eigenvalue weighted by molar-refractivity contribution is 7.99. The van der Waals surface area contributed by atoms with Gasteiger partial charge >= 0.3 is 0 Å². The maximum atomic E-state index is 6.10. The number of aryl methyl sites for hydroxylation is 1. The van der Waals surface area contributed by atoms with Gasteiger partial charge in [-0.15, -0.1) is 0 Å². The van der Waals surface area contributed by atoms with E-state index in [1.807, 2.05) is 18.2 Å². The Balaban J connectivity index is 1.80. The van der Waals surface area contributed by atoms with E-state index in [2.05, 4.69) is 30.4 Å². The van der Waals surface area contributed by atoms with Gasteiger partial charge in [-0.1, -0.05) is 52.7 Å². The summed E-state index contributed by atoms with van der Waals surface area (Å²) in [6, 6.07) is 13.1. The van der Waals surface area contributed by atoms with Gasteiger partial charge in [-0.05, 0) is 49.6 Å². The molecule has 1 N–H and O–H groups in total. The lowest BCUT2D eigenvalue weighted by molar-refractivity contribution is 0.680. The third-order valence-electron chi connectivity index (χ3n) is 3.49. The molecule has 2 aromatic carbocycles. The molecule has 1 aliphatic carbocycles. The maximum absolute atomic E-state index is 6.10. The molecule has 1 nitrogen and oxygen atoms in total. The van der Waals surface area contributed by atoms with E-state index >= 15 is 0 Å². The first-order valence-corrected chi connectivity index (χ1v) is 8.65. The van der Waals surface area contributed by atoms with Crippen LogP contribution in [0.15, 0.2) is 46.2 Å². The minimum absolute atomic E-state index is 0.598. The molecule has 1 aliphatic rings. The molecule has 1 saturated carbocycles. The largest absolute Gasteiger partial charge is 0.310 e. The van der Waals surface area contributed by atoms with E-state index in [-0.39, 0.29) is 0 Å². The maximum Gasteiger partial charge on any atom is 0.0603 e. The van der Waals surface area contributed by atoms with Gasteiger partial charge < -0.3 is 5.32 Å². The van der Waals surface area contributed by atoms with E-state index in [1.54, 1.807) is 11.8 Å². The first kappa shape index (κ1) is 15.2. The molecule has 0 atom stereocenters. The topological polar surface area (TPSA) is 12.0 Å². The van der Waals surface area contributed by atoms with Crippen LogP contribution < -0.4 is 5.32 Å². The van der Waals surface area contributed by atoms with E-state index in [0.29, 0.717) is 16.1 Å². The molecule has 0 saturated heterocycles. The van der Waals surface area contributed by atoms with Crippen LogP contribution in [0.3, 0.4) is 0 Å². The Labute approximate surface area is 140 Å². The molecule has 0 spiro atoms. The van der Waals surface area contributed by atoms with Crippen LogP contribution in [-0.2, 0) is 6.54 Å². The van der Waals surface area contributed by atoms with Gasteiger partial charge in [0.05, 0.1) is 10.0 Å². The zero-order valence-corrected chi connectivity index (χ0v) is 14.2. The van der Waals surface area contributed by atoms with Crippen molar-refractivity contribution in [1.29, 1.82) is 0 Å². The zero-order valence-electron chi connectivity index (χ0n) is 11.8. The molecule has 1 fully saturated rings. The molecule has 0 amide bonds. The van der Waals surface area contributed by atoms with Crippen molar-refractivity contribution in [3.8, 4) is 0 Å². The Morgan fingerprint density at radius 3 is 2.62 bits per heavy atom. The van der Waals surface area contributed by atoms with E-state index in [4.69, 9.17) is 23.2 Å². The molecule has 0 unspecified atom stereocenters. The lowest BCUT2D eigenvalue weighted by Crippen LogP contribution is -2.15. The Morgan fingerprint density at radius 1 is 1.10 bits per heavy atom. The van der Waals surface area contributed by atoms with Gasteiger partial charge in [-0.3, -0.25) is 0 Å². The molecule has 4 heteroatoms. The molecule has 0 radical (unpaired) electrons. The summed E-state index contributed by atoms with van der Waals surface area (Å²) in [5.41, 5.74) is 2.64. The summed E-state index contributed by atoms with van der Waals surface area (Å²) in [5, 5.41) is 4.79. The number of nitrogens with one attached hydrogen (secondary N) is 1. The van der Waals surface area contributed by atoms with Crippen LogP contribution in [0.1, 0.15) is 24.0 Å². The SMILES string of the molecule is Cc1ccc(Sc2ccc(Cl)c(Cl)c2)c(CNC2CC2)c1. The minimum atomic E-state index is 0.598. The normalized spacial score (nSPS) is 14.4. The second-order valence-corrected chi connectivity index (χ2v) is 7.37. The number of hydrogen-bond acceptors (Lipinski definition) is 2. The van der Waals surface area contributed by atoms with Crippen molar-refractivity contribution in [1.82, 2.24) is 5.32 Å². The van der Waals surface area contributed by atoms with Crippen molar-refractivity contribution < 1.29 is 0 Å². The molecule has 21 heavy (non-hydrogen) atoms. The van der Waals surface area contributed by atoms with Crippen LogP contribution in [0.25, 0.3) is 0 Å². The standard InChI is InChI=1S/C17H17Cl2NS/c1-11-2-7-17(12(8-11)10-20-13-3-4-13)21-14-5-6-15(18)16(19)9-14/h2,5-9,13,20H,3-4,10H2,1H3. The predicted molar refractivity (Wildman–Crippen MR) is 91.6 cm³/mol.